The number of hydrogen-bond acceptors (Lipinski definition) is 4. The van der Waals surface area contributed by atoms with E-state index >= 15 is 0 Å². The summed E-state index contributed by atoms with van der Waals surface area (Å²) in [4.78, 5) is 13.5. The molecule has 0 atom stereocenters. The van der Waals surface area contributed by atoms with Gasteiger partial charge in [-0.25, -0.2) is 8.78 Å². The minimum Gasteiger partial charge on any atom is -0.409 e. The van der Waals surface area contributed by atoms with E-state index in [9.17, 15) is 13.6 Å². The quantitative estimate of drug-likeness (QED) is 0.215. The Morgan fingerprint density at radius 2 is 2.16 bits per heavy atom. The lowest BCUT2D eigenvalue weighted by Gasteiger charge is -2.22. The highest BCUT2D eigenvalue weighted by Crippen LogP contribution is 2.27. The topological polar surface area (TPSA) is 88.2 Å². The lowest BCUT2D eigenvalue weighted by molar-refractivity contribution is -0.133. The predicted octanol–water partition coefficient (Wildman–Crippen LogP) is 0.786. The molecule has 1 aliphatic carbocycles. The number of oxime groups is 1. The SMILES string of the molecule is NC(CCN(C(=O)CCOCC(F)F)C1CC1)=NO. The van der Waals surface area contributed by atoms with Gasteiger partial charge in [-0.3, -0.25) is 4.79 Å². The van der Waals surface area contributed by atoms with E-state index in [2.05, 4.69) is 9.89 Å². The third kappa shape index (κ3) is 6.32. The van der Waals surface area contributed by atoms with Gasteiger partial charge >= 0.3 is 0 Å². The summed E-state index contributed by atoms with van der Waals surface area (Å²) in [5, 5.41) is 11.3. The molecule has 6 nitrogen and oxygen atoms in total. The van der Waals surface area contributed by atoms with Gasteiger partial charge in [-0.1, -0.05) is 5.16 Å². The number of nitrogens with two attached hydrogens (primary N) is 1. The van der Waals surface area contributed by atoms with Crippen LogP contribution < -0.4 is 5.73 Å². The highest BCUT2D eigenvalue weighted by molar-refractivity contribution is 5.81. The lowest BCUT2D eigenvalue weighted by Crippen LogP contribution is -2.36. The molecule has 1 rings (SSSR count). The lowest BCUT2D eigenvalue weighted by atomic mass is 10.3. The number of alkyl halides is 2. The number of hydrogen-bond donors (Lipinski definition) is 2. The van der Waals surface area contributed by atoms with E-state index < -0.39 is 13.0 Å². The van der Waals surface area contributed by atoms with Crippen LogP contribution in [-0.2, 0) is 9.53 Å². The van der Waals surface area contributed by atoms with Crippen LogP contribution in [0, 0.1) is 0 Å². The highest BCUT2D eigenvalue weighted by atomic mass is 19.3. The summed E-state index contributed by atoms with van der Waals surface area (Å²) in [6.07, 6.45) is -0.300. The van der Waals surface area contributed by atoms with E-state index in [1.807, 2.05) is 0 Å². The fourth-order valence-corrected chi connectivity index (χ4v) is 1.66. The van der Waals surface area contributed by atoms with Crippen LogP contribution in [0.15, 0.2) is 5.16 Å². The Morgan fingerprint density at radius 1 is 1.47 bits per heavy atom. The molecule has 0 aromatic rings. The van der Waals surface area contributed by atoms with Crippen LogP contribution in [0.2, 0.25) is 0 Å². The van der Waals surface area contributed by atoms with Gasteiger partial charge < -0.3 is 20.6 Å². The van der Waals surface area contributed by atoms with Crippen LogP contribution in [0.5, 0.6) is 0 Å². The Kier molecular flexibility index (Phi) is 6.48. The number of nitrogens with zero attached hydrogens (tertiary/aromatic N) is 2. The molecule has 0 saturated heterocycles. The van der Waals surface area contributed by atoms with Gasteiger partial charge in [0, 0.05) is 19.0 Å². The van der Waals surface area contributed by atoms with E-state index in [-0.39, 0.29) is 37.2 Å². The van der Waals surface area contributed by atoms with Crippen LogP contribution >= 0.6 is 0 Å². The normalized spacial score (nSPS) is 15.8. The molecule has 1 saturated carbocycles. The third-order valence-corrected chi connectivity index (χ3v) is 2.75. The fraction of sp³-hybridized carbons (Fsp3) is 0.818. The Balaban J connectivity index is 2.28. The molecule has 0 radical (unpaired) electrons. The fourth-order valence-electron chi connectivity index (χ4n) is 1.66. The third-order valence-electron chi connectivity index (χ3n) is 2.75. The van der Waals surface area contributed by atoms with Gasteiger partial charge in [-0.2, -0.15) is 0 Å². The zero-order valence-electron chi connectivity index (χ0n) is 10.6. The first kappa shape index (κ1) is 15.6. The number of halogens is 2. The van der Waals surface area contributed by atoms with Crippen molar-refractivity contribution in [2.45, 2.75) is 38.2 Å². The molecule has 3 N–H and O–H groups in total. The minimum absolute atomic E-state index is 0.0179. The van der Waals surface area contributed by atoms with Crippen molar-refractivity contribution >= 4 is 11.7 Å². The van der Waals surface area contributed by atoms with E-state index in [4.69, 9.17) is 10.9 Å². The molecule has 110 valence electrons. The highest BCUT2D eigenvalue weighted by Gasteiger charge is 2.32. The summed E-state index contributed by atoms with van der Waals surface area (Å²) in [6.45, 7) is -0.301. The van der Waals surface area contributed by atoms with Crippen LogP contribution in [0.3, 0.4) is 0 Å². The van der Waals surface area contributed by atoms with Crippen molar-refractivity contribution < 1.29 is 23.5 Å². The summed E-state index contributed by atoms with van der Waals surface area (Å²) in [7, 11) is 0. The molecule has 0 aromatic heterocycles. The number of carbonyl (C=O) groups excluding carboxylic acids is 1. The summed E-state index contributed by atoms with van der Waals surface area (Å²) in [6, 6.07) is 0.189. The first-order chi connectivity index (χ1) is 9.04. The van der Waals surface area contributed by atoms with Gasteiger partial charge in [-0.05, 0) is 12.8 Å². The summed E-state index contributed by atoms with van der Waals surface area (Å²) >= 11 is 0. The predicted molar refractivity (Wildman–Crippen MR) is 64.2 cm³/mol. The van der Waals surface area contributed by atoms with Crippen LogP contribution in [0.25, 0.3) is 0 Å². The smallest absolute Gasteiger partial charge is 0.261 e. The molecule has 1 fully saturated rings. The largest absolute Gasteiger partial charge is 0.409 e. The Labute approximate surface area is 110 Å². The van der Waals surface area contributed by atoms with Crippen molar-refractivity contribution in [1.29, 1.82) is 0 Å². The zero-order valence-corrected chi connectivity index (χ0v) is 10.6. The van der Waals surface area contributed by atoms with Crippen molar-refractivity contribution in [2.24, 2.45) is 10.9 Å². The minimum atomic E-state index is -2.52. The van der Waals surface area contributed by atoms with Gasteiger partial charge in [0.25, 0.3) is 6.43 Å². The van der Waals surface area contributed by atoms with Gasteiger partial charge in [0.05, 0.1) is 13.0 Å². The first-order valence-corrected chi connectivity index (χ1v) is 6.16. The molecule has 0 bridgehead atoms. The van der Waals surface area contributed by atoms with Crippen LogP contribution in [0.1, 0.15) is 25.7 Å². The number of carbonyl (C=O) groups is 1. The van der Waals surface area contributed by atoms with Crippen molar-refractivity contribution in [3.8, 4) is 0 Å². The second kappa shape index (κ2) is 7.88. The number of ether oxygens (including phenoxy) is 1. The Morgan fingerprint density at radius 3 is 2.68 bits per heavy atom. The van der Waals surface area contributed by atoms with E-state index in [0.29, 0.717) is 6.54 Å². The maximum Gasteiger partial charge on any atom is 0.261 e. The van der Waals surface area contributed by atoms with Crippen LogP contribution in [0.4, 0.5) is 8.78 Å². The zero-order chi connectivity index (χ0) is 14.3. The molecule has 0 aliphatic heterocycles. The van der Waals surface area contributed by atoms with E-state index in [1.54, 1.807) is 4.90 Å². The van der Waals surface area contributed by atoms with E-state index in [1.165, 1.54) is 0 Å². The average molecular weight is 279 g/mol. The molecular formula is C11H19F2N3O3. The summed E-state index contributed by atoms with van der Waals surface area (Å²) in [5.74, 6) is -0.0880. The second-order valence-corrected chi connectivity index (χ2v) is 4.38. The van der Waals surface area contributed by atoms with Gasteiger partial charge in [-0.15, -0.1) is 0 Å². The van der Waals surface area contributed by atoms with Crippen molar-refractivity contribution in [3.63, 3.8) is 0 Å². The van der Waals surface area contributed by atoms with Crippen molar-refractivity contribution in [1.82, 2.24) is 4.90 Å². The number of amidine groups is 1. The molecule has 1 amide bonds. The molecule has 0 spiro atoms. The number of rotatable bonds is 9. The summed E-state index contributed by atoms with van der Waals surface area (Å²) < 4.78 is 28.3. The average Bonchev–Trinajstić information content (AvgIpc) is 3.18. The maximum atomic E-state index is 11.9. The van der Waals surface area contributed by atoms with E-state index in [0.717, 1.165) is 12.8 Å². The molecule has 8 heteroatoms. The van der Waals surface area contributed by atoms with Crippen LogP contribution in [-0.4, -0.2) is 54.1 Å². The molecule has 0 heterocycles. The Hall–Kier alpha value is -1.44. The van der Waals surface area contributed by atoms with Gasteiger partial charge in [0.1, 0.15) is 12.4 Å². The standard InChI is InChI=1S/C11H19F2N3O3/c12-9(13)7-19-6-4-11(17)16(8-1-2-8)5-3-10(14)15-18/h8-9,18H,1-7H2,(H2,14,15). The Bertz CT molecular complexity index is 322. The van der Waals surface area contributed by atoms with Crippen molar-refractivity contribution in [3.05, 3.63) is 0 Å². The molecule has 19 heavy (non-hydrogen) atoms. The number of amides is 1. The maximum absolute atomic E-state index is 11.9. The first-order valence-electron chi connectivity index (χ1n) is 6.16. The molecule has 0 aromatic carbocycles. The molecule has 0 unspecified atom stereocenters. The van der Waals surface area contributed by atoms with Gasteiger partial charge in [0.15, 0.2) is 0 Å². The second-order valence-electron chi connectivity index (χ2n) is 4.38. The van der Waals surface area contributed by atoms with Gasteiger partial charge in [0.2, 0.25) is 5.91 Å². The monoisotopic (exact) mass is 279 g/mol. The molecule has 1 aliphatic rings. The van der Waals surface area contributed by atoms with Crippen molar-refractivity contribution in [2.75, 3.05) is 19.8 Å². The summed E-state index contributed by atoms with van der Waals surface area (Å²) in [5.41, 5.74) is 5.35. The molecular weight excluding hydrogens is 260 g/mol.